The smallest absolute Gasteiger partial charge is 0.265 e. The van der Waals surface area contributed by atoms with Crippen molar-refractivity contribution in [3.63, 3.8) is 0 Å². The van der Waals surface area contributed by atoms with Crippen LogP contribution in [0.5, 0.6) is 5.75 Å². The fourth-order valence-corrected chi connectivity index (χ4v) is 3.94. The summed E-state index contributed by atoms with van der Waals surface area (Å²) in [5.41, 5.74) is 4.14. The lowest BCUT2D eigenvalue weighted by Crippen LogP contribution is -2.33. The molecule has 5 nitrogen and oxygen atoms in total. The number of nitrogens with one attached hydrogen (secondary N) is 1. The normalized spacial score (nSPS) is 14.1. The molecule has 3 aromatic carbocycles. The molecule has 1 aliphatic rings. The first-order valence-corrected chi connectivity index (χ1v) is 11.0. The summed E-state index contributed by atoms with van der Waals surface area (Å²) in [7, 11) is 0. The zero-order valence-corrected chi connectivity index (χ0v) is 18.5. The summed E-state index contributed by atoms with van der Waals surface area (Å²) in [4.78, 5) is 27.7. The molecule has 3 aromatic rings. The molecule has 1 atom stereocenters. The van der Waals surface area contributed by atoms with Crippen LogP contribution in [-0.2, 0) is 4.79 Å². The van der Waals surface area contributed by atoms with Crippen molar-refractivity contribution in [2.24, 2.45) is 0 Å². The number of carbonyl (C=O) groups is 2. The molecule has 2 amide bonds. The van der Waals surface area contributed by atoms with E-state index in [-0.39, 0.29) is 11.8 Å². The number of carbonyl (C=O) groups excluding carboxylic acids is 2. The number of likely N-dealkylation sites (tertiary alicyclic amines) is 1. The van der Waals surface area contributed by atoms with E-state index in [9.17, 15) is 9.59 Å². The molecule has 0 aliphatic carbocycles. The molecule has 4 rings (SSSR count). The maximum Gasteiger partial charge on any atom is 0.265 e. The zero-order valence-electron chi connectivity index (χ0n) is 18.5. The van der Waals surface area contributed by atoms with Crippen LogP contribution >= 0.6 is 0 Å². The molecule has 1 saturated heterocycles. The molecule has 164 valence electrons. The molecule has 5 heteroatoms. The van der Waals surface area contributed by atoms with Gasteiger partial charge in [-0.15, -0.1) is 0 Å². The number of hydrogen-bond donors (Lipinski definition) is 1. The van der Waals surface area contributed by atoms with Crippen LogP contribution in [0.2, 0.25) is 0 Å². The highest BCUT2D eigenvalue weighted by molar-refractivity contribution is 6.05. The minimum absolute atomic E-state index is 0.0356. The molecule has 1 N–H and O–H groups in total. The Morgan fingerprint density at radius 2 is 1.53 bits per heavy atom. The first kappa shape index (κ1) is 21.6. The minimum atomic E-state index is -0.716. The first-order valence-electron chi connectivity index (χ1n) is 11.0. The van der Waals surface area contributed by atoms with Crippen molar-refractivity contribution in [1.29, 1.82) is 0 Å². The van der Waals surface area contributed by atoms with E-state index >= 15 is 0 Å². The van der Waals surface area contributed by atoms with Gasteiger partial charge in [0.15, 0.2) is 6.10 Å². The Labute approximate surface area is 189 Å². The van der Waals surface area contributed by atoms with Gasteiger partial charge in [-0.05, 0) is 61.6 Å². The van der Waals surface area contributed by atoms with Gasteiger partial charge in [-0.25, -0.2) is 0 Å². The van der Waals surface area contributed by atoms with E-state index < -0.39 is 6.10 Å². The lowest BCUT2D eigenvalue weighted by molar-refractivity contribution is -0.122. The van der Waals surface area contributed by atoms with Gasteiger partial charge in [0, 0.05) is 13.1 Å². The van der Waals surface area contributed by atoms with Crippen molar-refractivity contribution in [2.45, 2.75) is 32.8 Å². The van der Waals surface area contributed by atoms with E-state index in [0.717, 1.165) is 42.6 Å². The van der Waals surface area contributed by atoms with Gasteiger partial charge < -0.3 is 15.0 Å². The molecule has 0 bridgehead atoms. The molecule has 1 unspecified atom stereocenters. The highest BCUT2D eigenvalue weighted by Gasteiger charge is 2.24. The average Bonchev–Trinajstić information content (AvgIpc) is 3.36. The van der Waals surface area contributed by atoms with Gasteiger partial charge in [0.1, 0.15) is 5.75 Å². The predicted molar refractivity (Wildman–Crippen MR) is 127 cm³/mol. The van der Waals surface area contributed by atoms with Gasteiger partial charge in [0.25, 0.3) is 11.8 Å². The number of para-hydroxylation sites is 1. The van der Waals surface area contributed by atoms with Crippen LogP contribution in [0.3, 0.4) is 0 Å². The number of rotatable bonds is 6. The molecule has 1 heterocycles. The first-order chi connectivity index (χ1) is 15.5. The van der Waals surface area contributed by atoms with Gasteiger partial charge in [0.2, 0.25) is 0 Å². The summed E-state index contributed by atoms with van der Waals surface area (Å²) in [6.07, 6.45) is 1.33. The Bertz CT molecular complexity index is 1090. The number of aryl methyl sites for hydroxylation is 1. The third-order valence-corrected chi connectivity index (χ3v) is 5.79. The Kier molecular flexibility index (Phi) is 6.55. The molecular formula is C27H28N2O3. The topological polar surface area (TPSA) is 58.6 Å². The quantitative estimate of drug-likeness (QED) is 0.579. The highest BCUT2D eigenvalue weighted by atomic mass is 16.5. The fraction of sp³-hybridized carbons (Fsp3) is 0.259. The van der Waals surface area contributed by atoms with E-state index in [1.165, 1.54) is 0 Å². The van der Waals surface area contributed by atoms with Crippen molar-refractivity contribution in [1.82, 2.24) is 4.90 Å². The number of nitrogens with zero attached hydrogens (tertiary/aromatic N) is 1. The highest BCUT2D eigenvalue weighted by Crippen LogP contribution is 2.25. The van der Waals surface area contributed by atoms with Crippen molar-refractivity contribution in [3.8, 4) is 16.9 Å². The van der Waals surface area contributed by atoms with Crippen LogP contribution in [0.15, 0.2) is 72.8 Å². The minimum Gasteiger partial charge on any atom is -0.481 e. The average molecular weight is 429 g/mol. The lowest BCUT2D eigenvalue weighted by Gasteiger charge is -2.21. The summed E-state index contributed by atoms with van der Waals surface area (Å²) in [6.45, 7) is 5.13. The van der Waals surface area contributed by atoms with Gasteiger partial charge in [0.05, 0.1) is 11.3 Å². The maximum atomic E-state index is 13.0. The fourth-order valence-electron chi connectivity index (χ4n) is 3.94. The van der Waals surface area contributed by atoms with Gasteiger partial charge in [-0.2, -0.15) is 0 Å². The molecule has 1 aliphatic heterocycles. The Hall–Kier alpha value is -3.60. The summed E-state index contributed by atoms with van der Waals surface area (Å²) in [6, 6.07) is 23.3. The summed E-state index contributed by atoms with van der Waals surface area (Å²) in [5.74, 6) is 0.291. The van der Waals surface area contributed by atoms with Crippen LogP contribution in [0.4, 0.5) is 5.69 Å². The standard InChI is InChI=1S/C27H28N2O3/c1-19-9-8-12-24(27(31)29-17-6-7-18-29)25(19)28-26(30)20(2)32-23-15-13-22(14-16-23)21-10-4-3-5-11-21/h3-5,8-16,20H,6-7,17-18H2,1-2H3,(H,28,30). The summed E-state index contributed by atoms with van der Waals surface area (Å²) < 4.78 is 5.87. The third-order valence-electron chi connectivity index (χ3n) is 5.79. The Balaban J connectivity index is 1.44. The number of amides is 2. The van der Waals surface area contributed by atoms with Crippen molar-refractivity contribution < 1.29 is 14.3 Å². The second kappa shape index (κ2) is 9.69. The van der Waals surface area contributed by atoms with Crippen LogP contribution in [0.25, 0.3) is 11.1 Å². The number of ether oxygens (including phenoxy) is 1. The second-order valence-electron chi connectivity index (χ2n) is 8.14. The van der Waals surface area contributed by atoms with E-state index in [0.29, 0.717) is 17.0 Å². The van der Waals surface area contributed by atoms with Crippen molar-refractivity contribution in [3.05, 3.63) is 83.9 Å². The van der Waals surface area contributed by atoms with E-state index in [4.69, 9.17) is 4.74 Å². The molecule has 0 saturated carbocycles. The van der Waals surface area contributed by atoms with Crippen LogP contribution in [-0.4, -0.2) is 35.9 Å². The number of benzene rings is 3. The van der Waals surface area contributed by atoms with Crippen LogP contribution in [0.1, 0.15) is 35.7 Å². The SMILES string of the molecule is Cc1cccc(C(=O)N2CCCC2)c1NC(=O)C(C)Oc1ccc(-c2ccccc2)cc1. The molecular weight excluding hydrogens is 400 g/mol. The lowest BCUT2D eigenvalue weighted by atomic mass is 10.1. The Morgan fingerprint density at radius 3 is 2.22 bits per heavy atom. The zero-order chi connectivity index (χ0) is 22.5. The summed E-state index contributed by atoms with van der Waals surface area (Å²) >= 11 is 0. The van der Waals surface area contributed by atoms with Crippen LogP contribution < -0.4 is 10.1 Å². The Morgan fingerprint density at radius 1 is 0.875 bits per heavy atom. The molecule has 1 fully saturated rings. The van der Waals surface area contributed by atoms with E-state index in [1.807, 2.05) is 66.4 Å². The predicted octanol–water partition coefficient (Wildman–Crippen LogP) is 5.30. The van der Waals surface area contributed by atoms with E-state index in [1.54, 1.807) is 13.0 Å². The molecule has 0 radical (unpaired) electrons. The monoisotopic (exact) mass is 428 g/mol. The van der Waals surface area contributed by atoms with Gasteiger partial charge >= 0.3 is 0 Å². The van der Waals surface area contributed by atoms with Crippen molar-refractivity contribution in [2.75, 3.05) is 18.4 Å². The van der Waals surface area contributed by atoms with E-state index in [2.05, 4.69) is 17.4 Å². The van der Waals surface area contributed by atoms with Gasteiger partial charge in [-0.1, -0.05) is 54.6 Å². The third kappa shape index (κ3) is 4.83. The maximum absolute atomic E-state index is 13.0. The van der Waals surface area contributed by atoms with Crippen molar-refractivity contribution >= 4 is 17.5 Å². The number of anilines is 1. The molecule has 0 spiro atoms. The van der Waals surface area contributed by atoms with Crippen LogP contribution in [0, 0.1) is 6.92 Å². The molecule has 32 heavy (non-hydrogen) atoms. The molecule has 0 aromatic heterocycles. The van der Waals surface area contributed by atoms with Gasteiger partial charge in [-0.3, -0.25) is 9.59 Å². The second-order valence-corrected chi connectivity index (χ2v) is 8.14. The largest absolute Gasteiger partial charge is 0.481 e. The summed E-state index contributed by atoms with van der Waals surface area (Å²) in [5, 5.41) is 2.93. The number of hydrogen-bond acceptors (Lipinski definition) is 3.